The van der Waals surface area contributed by atoms with E-state index in [0.717, 1.165) is 32.7 Å². The van der Waals surface area contributed by atoms with Gasteiger partial charge >= 0.3 is 0 Å². The van der Waals surface area contributed by atoms with Gasteiger partial charge in [-0.25, -0.2) is 0 Å². The highest BCUT2D eigenvalue weighted by Gasteiger charge is 2.21. The van der Waals surface area contributed by atoms with Gasteiger partial charge in [-0.15, -0.1) is 6.42 Å². The molecule has 0 radical (unpaired) electrons. The fourth-order valence-corrected chi connectivity index (χ4v) is 2.10. The lowest BCUT2D eigenvalue weighted by Gasteiger charge is -2.34. The maximum atomic E-state index is 12.0. The largest absolute Gasteiger partial charge is 0.340 e. The average molecular weight is 237 g/mol. The number of carbonyl (C=O) groups is 1. The zero-order valence-electron chi connectivity index (χ0n) is 10.9. The molecule has 1 heterocycles. The van der Waals surface area contributed by atoms with E-state index in [0.29, 0.717) is 13.0 Å². The molecule has 0 spiro atoms. The van der Waals surface area contributed by atoms with Crippen LogP contribution < -0.4 is 5.32 Å². The summed E-state index contributed by atoms with van der Waals surface area (Å²) in [5, 5.41) is 3.26. The molecule has 1 aliphatic heterocycles. The molecule has 1 unspecified atom stereocenters. The van der Waals surface area contributed by atoms with Gasteiger partial charge in [-0.05, 0) is 13.5 Å². The van der Waals surface area contributed by atoms with Crippen LogP contribution in [0.15, 0.2) is 0 Å². The van der Waals surface area contributed by atoms with Crippen LogP contribution in [0.2, 0.25) is 0 Å². The van der Waals surface area contributed by atoms with Gasteiger partial charge in [-0.1, -0.05) is 12.8 Å². The lowest BCUT2D eigenvalue weighted by Crippen LogP contribution is -2.49. The van der Waals surface area contributed by atoms with Crippen LogP contribution in [0, 0.1) is 12.3 Å². The number of piperazine rings is 1. The summed E-state index contributed by atoms with van der Waals surface area (Å²) in [7, 11) is 0. The third-order valence-corrected chi connectivity index (χ3v) is 3.07. The molecule has 1 saturated heterocycles. The van der Waals surface area contributed by atoms with E-state index in [9.17, 15) is 4.79 Å². The number of terminal acetylenes is 1. The highest BCUT2D eigenvalue weighted by atomic mass is 16.2. The van der Waals surface area contributed by atoms with Crippen molar-refractivity contribution in [2.45, 2.75) is 26.3 Å². The fraction of sp³-hybridized carbons (Fsp3) is 0.769. The normalized spacial score (nSPS) is 18.8. The number of hydrogen-bond acceptors (Lipinski definition) is 3. The molecule has 0 aromatic carbocycles. The quantitative estimate of drug-likeness (QED) is 0.692. The van der Waals surface area contributed by atoms with Crippen molar-refractivity contribution < 1.29 is 4.79 Å². The van der Waals surface area contributed by atoms with Crippen LogP contribution in [0.5, 0.6) is 0 Å². The summed E-state index contributed by atoms with van der Waals surface area (Å²) in [6.07, 6.45) is 5.86. The third kappa shape index (κ3) is 4.76. The predicted molar refractivity (Wildman–Crippen MR) is 69.6 cm³/mol. The van der Waals surface area contributed by atoms with Crippen molar-refractivity contribution in [1.29, 1.82) is 0 Å². The summed E-state index contributed by atoms with van der Waals surface area (Å²) in [6, 6.07) is 0.260. The average Bonchev–Trinajstić information content (AvgIpc) is 2.30. The minimum absolute atomic E-state index is 0.249. The molecule has 0 aromatic heterocycles. The van der Waals surface area contributed by atoms with Gasteiger partial charge < -0.3 is 10.2 Å². The minimum atomic E-state index is 0.249. The van der Waals surface area contributed by atoms with Crippen molar-refractivity contribution in [2.75, 3.05) is 39.3 Å². The second-order valence-electron chi connectivity index (χ2n) is 4.52. The van der Waals surface area contributed by atoms with E-state index >= 15 is 0 Å². The summed E-state index contributed by atoms with van der Waals surface area (Å²) >= 11 is 0. The van der Waals surface area contributed by atoms with Gasteiger partial charge in [-0.2, -0.15) is 0 Å². The fourth-order valence-electron chi connectivity index (χ4n) is 2.10. The van der Waals surface area contributed by atoms with Crippen LogP contribution in [-0.2, 0) is 4.79 Å². The third-order valence-electron chi connectivity index (χ3n) is 3.07. The Balaban J connectivity index is 2.28. The van der Waals surface area contributed by atoms with Gasteiger partial charge in [0, 0.05) is 38.6 Å². The van der Waals surface area contributed by atoms with Crippen molar-refractivity contribution in [3.05, 3.63) is 0 Å². The molecule has 4 heteroatoms. The molecule has 96 valence electrons. The highest BCUT2D eigenvalue weighted by Crippen LogP contribution is 2.05. The molecular formula is C13H23N3O. The van der Waals surface area contributed by atoms with Crippen LogP contribution in [-0.4, -0.2) is 61.0 Å². The maximum absolute atomic E-state index is 12.0. The van der Waals surface area contributed by atoms with E-state index in [1.165, 1.54) is 0 Å². The standard InChI is InChI=1S/C13H23N3O/c1-4-6-15-7-9-16(10-8-15)13(17)11-12(3)14-5-2/h1,12,14H,5-11H2,2-3H3. The first-order valence-corrected chi connectivity index (χ1v) is 6.34. The van der Waals surface area contributed by atoms with Crippen molar-refractivity contribution >= 4 is 5.91 Å². The van der Waals surface area contributed by atoms with E-state index in [1.807, 2.05) is 4.90 Å². The van der Waals surface area contributed by atoms with Gasteiger partial charge in [-0.3, -0.25) is 9.69 Å². The van der Waals surface area contributed by atoms with Gasteiger partial charge in [0.15, 0.2) is 0 Å². The molecule has 0 aliphatic carbocycles. The molecule has 1 rings (SSSR count). The Morgan fingerprint density at radius 2 is 2.06 bits per heavy atom. The predicted octanol–water partition coefficient (Wildman–Crippen LogP) is 0.152. The highest BCUT2D eigenvalue weighted by molar-refractivity contribution is 5.76. The first-order chi connectivity index (χ1) is 8.17. The summed E-state index contributed by atoms with van der Waals surface area (Å²) < 4.78 is 0. The van der Waals surface area contributed by atoms with Crippen LogP contribution in [0.3, 0.4) is 0 Å². The lowest BCUT2D eigenvalue weighted by atomic mass is 10.2. The Kier molecular flexibility index (Phi) is 6.03. The smallest absolute Gasteiger partial charge is 0.224 e. The van der Waals surface area contributed by atoms with Crippen LogP contribution in [0.1, 0.15) is 20.3 Å². The van der Waals surface area contributed by atoms with Crippen LogP contribution in [0.25, 0.3) is 0 Å². The second kappa shape index (κ2) is 7.31. The number of carbonyl (C=O) groups excluding carboxylic acids is 1. The molecule has 4 nitrogen and oxygen atoms in total. The summed E-state index contributed by atoms with van der Waals surface area (Å²) in [4.78, 5) is 16.1. The molecule has 0 saturated carbocycles. The number of nitrogens with one attached hydrogen (secondary N) is 1. The van der Waals surface area contributed by atoms with Crippen molar-refractivity contribution in [3.63, 3.8) is 0 Å². The van der Waals surface area contributed by atoms with Crippen LogP contribution >= 0.6 is 0 Å². The zero-order valence-corrected chi connectivity index (χ0v) is 10.9. The number of amides is 1. The molecule has 1 amide bonds. The molecule has 0 bridgehead atoms. The van der Waals surface area contributed by atoms with Gasteiger partial charge in [0.2, 0.25) is 5.91 Å². The molecule has 1 N–H and O–H groups in total. The molecule has 0 aromatic rings. The van der Waals surface area contributed by atoms with Crippen molar-refractivity contribution in [3.8, 4) is 12.3 Å². The van der Waals surface area contributed by atoms with Crippen LogP contribution in [0.4, 0.5) is 0 Å². The van der Waals surface area contributed by atoms with E-state index < -0.39 is 0 Å². The topological polar surface area (TPSA) is 35.6 Å². The molecule has 1 aliphatic rings. The number of rotatable bonds is 5. The van der Waals surface area contributed by atoms with Crippen molar-refractivity contribution in [2.24, 2.45) is 0 Å². The monoisotopic (exact) mass is 237 g/mol. The summed E-state index contributed by atoms with van der Waals surface area (Å²) in [5.41, 5.74) is 0. The number of nitrogens with zero attached hydrogens (tertiary/aromatic N) is 2. The van der Waals surface area contributed by atoms with Gasteiger partial charge in [0.1, 0.15) is 0 Å². The second-order valence-corrected chi connectivity index (χ2v) is 4.52. The zero-order chi connectivity index (χ0) is 12.7. The number of hydrogen-bond donors (Lipinski definition) is 1. The first kappa shape index (κ1) is 14.0. The molecule has 17 heavy (non-hydrogen) atoms. The van der Waals surface area contributed by atoms with Gasteiger partial charge in [0.05, 0.1) is 6.54 Å². The van der Waals surface area contributed by atoms with Gasteiger partial charge in [0.25, 0.3) is 0 Å². The van der Waals surface area contributed by atoms with E-state index in [2.05, 4.69) is 30.0 Å². The Bertz CT molecular complexity index is 277. The SMILES string of the molecule is C#CCN1CCN(C(=O)CC(C)NCC)CC1. The minimum Gasteiger partial charge on any atom is -0.340 e. The Labute approximate surface area is 104 Å². The van der Waals surface area contributed by atoms with E-state index in [4.69, 9.17) is 6.42 Å². The summed E-state index contributed by atoms with van der Waals surface area (Å²) in [6.45, 7) is 9.10. The van der Waals surface area contributed by atoms with E-state index in [-0.39, 0.29) is 11.9 Å². The summed E-state index contributed by atoms with van der Waals surface area (Å²) in [5.74, 6) is 2.89. The lowest BCUT2D eigenvalue weighted by molar-refractivity contribution is -0.133. The first-order valence-electron chi connectivity index (χ1n) is 6.34. The van der Waals surface area contributed by atoms with E-state index in [1.54, 1.807) is 0 Å². The Morgan fingerprint density at radius 1 is 1.41 bits per heavy atom. The maximum Gasteiger partial charge on any atom is 0.224 e. The molecule has 1 atom stereocenters. The van der Waals surface area contributed by atoms with Crippen molar-refractivity contribution in [1.82, 2.24) is 15.1 Å². The Hall–Kier alpha value is -1.05. The molecule has 1 fully saturated rings. The molecular weight excluding hydrogens is 214 g/mol. The Morgan fingerprint density at radius 3 is 2.59 bits per heavy atom.